The molecule has 0 aromatic carbocycles. The van der Waals surface area contributed by atoms with Crippen molar-refractivity contribution in [2.24, 2.45) is 0 Å². The molecule has 0 bridgehead atoms. The molecule has 0 amide bonds. The minimum Gasteiger partial charge on any atom is -0.479 e. The van der Waals surface area contributed by atoms with Crippen molar-refractivity contribution in [3.05, 3.63) is 0 Å². The summed E-state index contributed by atoms with van der Waals surface area (Å²) in [6, 6.07) is 0. The van der Waals surface area contributed by atoms with Crippen molar-refractivity contribution >= 4 is 64.8 Å². The van der Waals surface area contributed by atoms with E-state index in [1.54, 1.807) is 0 Å². The smallest absolute Gasteiger partial charge is 0.263 e. The topological polar surface area (TPSA) is 28.5 Å². The average Bonchev–Trinajstić information content (AvgIpc) is 1.82. The molecule has 1 aliphatic heterocycles. The van der Waals surface area contributed by atoms with Crippen LogP contribution in [0.5, 0.6) is 0 Å². The van der Waals surface area contributed by atoms with Gasteiger partial charge in [-0.25, -0.2) is 0 Å². The van der Waals surface area contributed by atoms with E-state index >= 15 is 0 Å². The summed E-state index contributed by atoms with van der Waals surface area (Å²) in [5.74, 6) is 0. The molecule has 0 atom stereocenters. The number of nitrogens with one attached hydrogen (secondary N) is 3. The van der Waals surface area contributed by atoms with E-state index in [1.807, 2.05) is 0 Å². The van der Waals surface area contributed by atoms with E-state index in [4.69, 9.17) is 49.5 Å². The highest BCUT2D eigenvalue weighted by molar-refractivity contribution is 7.83. The molecule has 0 radical (unpaired) electrons. The lowest BCUT2D eigenvalue weighted by atomic mass is 10.8. The zero-order chi connectivity index (χ0) is 7.72. The lowest BCUT2D eigenvalue weighted by molar-refractivity contribution is -0.523. The van der Waals surface area contributed by atoms with Gasteiger partial charge >= 0.3 is 0 Å². The molecule has 10 heavy (non-hydrogen) atoms. The highest BCUT2D eigenvalue weighted by Gasteiger charge is 2.19. The standard InChI is InChI=1S/C3H3N3S4/c7-1-4-2(8)6(10)3(9)5-1/h6H,(H2,4,5,7,8,9). The molecule has 3 N–H and O–H groups in total. The fraction of sp³-hybridized carbons (Fsp3) is 0. The van der Waals surface area contributed by atoms with Crippen LogP contribution in [-0.4, -0.2) is 15.3 Å². The van der Waals surface area contributed by atoms with Gasteiger partial charge in [0.25, 0.3) is 10.2 Å². The third kappa shape index (κ3) is 1.61. The van der Waals surface area contributed by atoms with Crippen LogP contribution in [0.25, 0.3) is 0 Å². The van der Waals surface area contributed by atoms with Crippen molar-refractivity contribution in [3.8, 4) is 0 Å². The second-order valence-electron chi connectivity index (χ2n) is 1.57. The Morgan fingerprint density at radius 2 is 1.50 bits per heavy atom. The third-order valence-electron chi connectivity index (χ3n) is 0.867. The van der Waals surface area contributed by atoms with Gasteiger partial charge in [0.2, 0.25) is 0 Å². The Kier molecular flexibility index (Phi) is 2.53. The van der Waals surface area contributed by atoms with Crippen LogP contribution in [0.2, 0.25) is 0 Å². The summed E-state index contributed by atoms with van der Waals surface area (Å²) in [5, 5.41) is 6.65. The van der Waals surface area contributed by atoms with Crippen LogP contribution in [-0.2, 0) is 12.8 Å². The number of hydrogen-bond donors (Lipinski definition) is 3. The van der Waals surface area contributed by atoms with Gasteiger partial charge in [0, 0.05) is 24.4 Å². The van der Waals surface area contributed by atoms with Gasteiger partial charge in [-0.2, -0.15) is 0 Å². The van der Waals surface area contributed by atoms with Gasteiger partial charge in [0.15, 0.2) is 5.11 Å². The Morgan fingerprint density at radius 1 is 1.10 bits per heavy atom. The summed E-state index contributed by atoms with van der Waals surface area (Å²) in [5.41, 5.74) is 0. The maximum atomic E-state index is 4.84. The Morgan fingerprint density at radius 3 is 1.90 bits per heavy atom. The van der Waals surface area contributed by atoms with Gasteiger partial charge in [-0.3, -0.25) is 10.6 Å². The van der Waals surface area contributed by atoms with Crippen molar-refractivity contribution in [1.29, 1.82) is 0 Å². The van der Waals surface area contributed by atoms with Crippen molar-refractivity contribution in [2.45, 2.75) is 0 Å². The predicted octanol–water partition coefficient (Wildman–Crippen LogP) is -1.62. The van der Waals surface area contributed by atoms with E-state index in [2.05, 4.69) is 10.6 Å². The molecule has 0 unspecified atom stereocenters. The molecular weight excluding hydrogens is 206 g/mol. The molecule has 0 aliphatic carbocycles. The largest absolute Gasteiger partial charge is 0.479 e. The van der Waals surface area contributed by atoms with Crippen LogP contribution in [0.15, 0.2) is 0 Å². The van der Waals surface area contributed by atoms with E-state index < -0.39 is 0 Å². The van der Waals surface area contributed by atoms with Crippen LogP contribution in [0.1, 0.15) is 0 Å². The molecule has 1 heterocycles. The number of quaternary nitrogens is 1. The summed E-state index contributed by atoms with van der Waals surface area (Å²) in [7, 11) is 0. The van der Waals surface area contributed by atoms with Crippen LogP contribution in [0, 0.1) is 0 Å². The van der Waals surface area contributed by atoms with Gasteiger partial charge in [0.1, 0.15) is 0 Å². The van der Waals surface area contributed by atoms with Crippen molar-refractivity contribution in [1.82, 2.24) is 10.6 Å². The quantitative estimate of drug-likeness (QED) is 0.328. The van der Waals surface area contributed by atoms with Gasteiger partial charge in [-0.15, -0.1) is 0 Å². The van der Waals surface area contributed by atoms with E-state index in [1.165, 1.54) is 0 Å². The van der Waals surface area contributed by atoms with Crippen LogP contribution < -0.4 is 14.9 Å². The molecule has 1 saturated heterocycles. The van der Waals surface area contributed by atoms with Crippen LogP contribution >= 0.6 is 36.7 Å². The molecule has 1 aliphatic rings. The Hall–Kier alpha value is 0.180. The first kappa shape index (κ1) is 8.28. The lowest BCUT2D eigenvalue weighted by Crippen LogP contribution is -3.18. The minimum atomic E-state index is 0.420. The first-order valence-corrected chi connectivity index (χ1v) is 3.95. The third-order valence-corrected chi connectivity index (χ3v) is 2.35. The molecule has 54 valence electrons. The molecule has 0 aromatic rings. The SMILES string of the molecule is S=C1NC(=S)[NH+]([S-])C(=S)N1. The van der Waals surface area contributed by atoms with Crippen LogP contribution in [0.3, 0.4) is 0 Å². The van der Waals surface area contributed by atoms with E-state index in [-0.39, 0.29) is 0 Å². The van der Waals surface area contributed by atoms with Crippen LogP contribution in [0.4, 0.5) is 0 Å². The molecule has 0 spiro atoms. The lowest BCUT2D eigenvalue weighted by Gasteiger charge is -2.28. The summed E-state index contributed by atoms with van der Waals surface area (Å²) >= 11 is 19.2. The number of hydrogen-bond acceptors (Lipinski definition) is 4. The summed E-state index contributed by atoms with van der Waals surface area (Å²) in [4.78, 5) is 0. The van der Waals surface area contributed by atoms with Crippen molar-refractivity contribution < 1.29 is 4.31 Å². The zero-order valence-electron chi connectivity index (χ0n) is 4.63. The number of thiocarbonyl (C=S) groups is 3. The first-order valence-electron chi connectivity index (χ1n) is 2.32. The Bertz CT molecular complexity index is 192. The minimum absolute atomic E-state index is 0.420. The maximum Gasteiger partial charge on any atom is 0.263 e. The number of rotatable bonds is 0. The monoisotopic (exact) mass is 209 g/mol. The normalized spacial score (nSPS) is 20.3. The van der Waals surface area contributed by atoms with E-state index in [0.29, 0.717) is 19.6 Å². The molecule has 1 fully saturated rings. The van der Waals surface area contributed by atoms with E-state index in [0.717, 1.165) is 0 Å². The molecule has 3 nitrogen and oxygen atoms in total. The van der Waals surface area contributed by atoms with Crippen molar-refractivity contribution in [2.75, 3.05) is 0 Å². The van der Waals surface area contributed by atoms with Gasteiger partial charge in [-0.05, 0) is 12.2 Å². The summed E-state index contributed by atoms with van der Waals surface area (Å²) in [6.07, 6.45) is 0. The Balaban J connectivity index is 2.76. The average molecular weight is 209 g/mol. The summed E-state index contributed by atoms with van der Waals surface area (Å²) < 4.78 is 0.457. The fourth-order valence-electron chi connectivity index (χ4n) is 0.454. The highest BCUT2D eigenvalue weighted by Crippen LogP contribution is 1.73. The predicted molar refractivity (Wildman–Crippen MR) is 52.4 cm³/mol. The molecule has 7 heteroatoms. The highest BCUT2D eigenvalue weighted by atomic mass is 32.1. The summed E-state index contributed by atoms with van der Waals surface area (Å²) in [6.45, 7) is 0. The van der Waals surface area contributed by atoms with Crippen molar-refractivity contribution in [3.63, 3.8) is 0 Å². The first-order chi connectivity index (χ1) is 4.61. The maximum absolute atomic E-state index is 4.84. The van der Waals surface area contributed by atoms with Gasteiger partial charge in [-0.1, -0.05) is 0 Å². The van der Waals surface area contributed by atoms with Gasteiger partial charge < -0.3 is 17.1 Å². The zero-order valence-corrected chi connectivity index (χ0v) is 7.90. The second-order valence-corrected chi connectivity index (χ2v) is 3.20. The Labute approximate surface area is 79.7 Å². The van der Waals surface area contributed by atoms with Gasteiger partial charge in [0.05, 0.1) is 0 Å². The second kappa shape index (κ2) is 3.05. The molecule has 0 aromatic heterocycles. The molecule has 1 rings (SSSR count). The van der Waals surface area contributed by atoms with E-state index in [9.17, 15) is 0 Å². The molecule has 0 saturated carbocycles. The fourth-order valence-corrected chi connectivity index (χ4v) is 1.36. The molecular formula is C3H3N3S4.